The van der Waals surface area contributed by atoms with Gasteiger partial charge < -0.3 is 10.0 Å². The van der Waals surface area contributed by atoms with Crippen LogP contribution >= 0.6 is 0 Å². The summed E-state index contributed by atoms with van der Waals surface area (Å²) in [6, 6.07) is 1.80. The number of piperidine rings is 2. The maximum Gasteiger partial charge on any atom is 0.313 e. The second-order valence-electron chi connectivity index (χ2n) is 7.69. The molecular formula is C19H26N6O2. The number of carboxylic acid groups (broad SMARTS) is 1. The molecule has 2 aliphatic heterocycles. The molecule has 0 saturated carbocycles. The fourth-order valence-electron chi connectivity index (χ4n) is 4.66. The molecule has 2 atom stereocenters. The minimum atomic E-state index is -0.786. The molecule has 1 N–H and O–H groups in total. The van der Waals surface area contributed by atoms with Crippen molar-refractivity contribution in [1.29, 1.82) is 0 Å². The molecule has 144 valence electrons. The minimum Gasteiger partial charge on any atom is -0.481 e. The highest BCUT2D eigenvalue weighted by Gasteiger charge is 2.53. The quantitative estimate of drug-likeness (QED) is 0.872. The van der Waals surface area contributed by atoms with Crippen molar-refractivity contribution in [2.75, 3.05) is 24.5 Å². The van der Waals surface area contributed by atoms with E-state index in [9.17, 15) is 9.90 Å². The number of rotatable bonds is 4. The Labute approximate surface area is 158 Å². The maximum absolute atomic E-state index is 12.4. The standard InChI is InChI=1S/C19H26N6O2/c1-14-15(11-22-23(14)2)12-24-9-3-6-19(17(26)27)13-25(10-5-16(19)24)18-20-7-4-8-21-18/h4,7-8,11,16H,3,5-6,9-10,12-13H2,1-2H3,(H,26,27)/t16-,19+/m1/s1. The zero-order chi connectivity index (χ0) is 19.0. The third-order valence-corrected chi connectivity index (χ3v) is 6.26. The maximum atomic E-state index is 12.4. The molecule has 2 aromatic heterocycles. The second kappa shape index (κ2) is 6.92. The van der Waals surface area contributed by atoms with Crippen molar-refractivity contribution in [2.45, 2.75) is 38.8 Å². The lowest BCUT2D eigenvalue weighted by Crippen LogP contribution is -2.64. The Morgan fingerprint density at radius 3 is 2.78 bits per heavy atom. The van der Waals surface area contributed by atoms with Gasteiger partial charge in [-0.2, -0.15) is 5.10 Å². The topological polar surface area (TPSA) is 87.4 Å². The molecule has 4 rings (SSSR count). The van der Waals surface area contributed by atoms with Crippen LogP contribution in [0.4, 0.5) is 5.95 Å². The van der Waals surface area contributed by atoms with Crippen LogP contribution in [-0.2, 0) is 18.4 Å². The van der Waals surface area contributed by atoms with Crippen LogP contribution in [0.5, 0.6) is 0 Å². The normalized spacial score (nSPS) is 26.0. The highest BCUT2D eigenvalue weighted by molar-refractivity contribution is 5.77. The molecule has 0 aliphatic carbocycles. The summed E-state index contributed by atoms with van der Waals surface area (Å²) in [5.41, 5.74) is 1.52. The predicted octanol–water partition coefficient (Wildman–Crippen LogP) is 1.46. The van der Waals surface area contributed by atoms with E-state index in [1.807, 2.05) is 22.8 Å². The van der Waals surface area contributed by atoms with Crippen LogP contribution in [0.1, 0.15) is 30.5 Å². The Morgan fingerprint density at radius 1 is 1.33 bits per heavy atom. The summed E-state index contributed by atoms with van der Waals surface area (Å²) in [7, 11) is 1.94. The fraction of sp³-hybridized carbons (Fsp3) is 0.579. The zero-order valence-corrected chi connectivity index (χ0v) is 15.9. The number of hydrogen-bond acceptors (Lipinski definition) is 6. The lowest BCUT2D eigenvalue weighted by molar-refractivity contribution is -0.158. The molecule has 2 saturated heterocycles. The van der Waals surface area contributed by atoms with E-state index in [4.69, 9.17) is 0 Å². The summed E-state index contributed by atoms with van der Waals surface area (Å²) in [6.45, 7) is 4.97. The van der Waals surface area contributed by atoms with Crippen molar-refractivity contribution in [3.8, 4) is 0 Å². The number of likely N-dealkylation sites (tertiary alicyclic amines) is 1. The predicted molar refractivity (Wildman–Crippen MR) is 100 cm³/mol. The number of aryl methyl sites for hydroxylation is 1. The average Bonchev–Trinajstić information content (AvgIpc) is 3.00. The lowest BCUT2D eigenvalue weighted by Gasteiger charge is -2.52. The van der Waals surface area contributed by atoms with E-state index < -0.39 is 11.4 Å². The molecule has 27 heavy (non-hydrogen) atoms. The van der Waals surface area contributed by atoms with Crippen molar-refractivity contribution in [2.24, 2.45) is 12.5 Å². The van der Waals surface area contributed by atoms with Crippen molar-refractivity contribution >= 4 is 11.9 Å². The van der Waals surface area contributed by atoms with E-state index in [1.165, 1.54) is 5.56 Å². The first-order chi connectivity index (χ1) is 13.0. The monoisotopic (exact) mass is 370 g/mol. The molecule has 0 radical (unpaired) electrons. The summed E-state index contributed by atoms with van der Waals surface area (Å²) >= 11 is 0. The van der Waals surface area contributed by atoms with Crippen molar-refractivity contribution in [3.05, 3.63) is 35.9 Å². The molecule has 0 spiro atoms. The number of aromatic nitrogens is 4. The van der Waals surface area contributed by atoms with E-state index in [1.54, 1.807) is 18.5 Å². The van der Waals surface area contributed by atoms with Gasteiger partial charge in [-0.3, -0.25) is 14.4 Å². The minimum absolute atomic E-state index is 0.0170. The first-order valence-electron chi connectivity index (χ1n) is 9.48. The van der Waals surface area contributed by atoms with Gasteiger partial charge in [-0.05, 0) is 38.8 Å². The molecule has 8 nitrogen and oxygen atoms in total. The van der Waals surface area contributed by atoms with Gasteiger partial charge >= 0.3 is 5.97 Å². The fourth-order valence-corrected chi connectivity index (χ4v) is 4.66. The van der Waals surface area contributed by atoms with Gasteiger partial charge in [-0.1, -0.05) is 0 Å². The highest BCUT2D eigenvalue weighted by atomic mass is 16.4. The van der Waals surface area contributed by atoms with Crippen LogP contribution in [0.3, 0.4) is 0 Å². The van der Waals surface area contributed by atoms with Crippen molar-refractivity contribution in [3.63, 3.8) is 0 Å². The Balaban J connectivity index is 1.60. The number of anilines is 1. The number of hydrogen-bond donors (Lipinski definition) is 1. The van der Waals surface area contributed by atoms with Crippen LogP contribution < -0.4 is 4.90 Å². The summed E-state index contributed by atoms with van der Waals surface area (Å²) in [6.07, 6.45) is 7.69. The third kappa shape index (κ3) is 3.07. The third-order valence-electron chi connectivity index (χ3n) is 6.26. The van der Waals surface area contributed by atoms with Gasteiger partial charge in [-0.25, -0.2) is 9.97 Å². The van der Waals surface area contributed by atoms with Crippen LogP contribution in [0.2, 0.25) is 0 Å². The first kappa shape index (κ1) is 17.9. The molecule has 0 bridgehead atoms. The summed E-state index contributed by atoms with van der Waals surface area (Å²) < 4.78 is 1.87. The smallest absolute Gasteiger partial charge is 0.313 e. The van der Waals surface area contributed by atoms with E-state index >= 15 is 0 Å². The first-order valence-corrected chi connectivity index (χ1v) is 9.48. The van der Waals surface area contributed by atoms with Crippen LogP contribution in [-0.4, -0.2) is 61.4 Å². The van der Waals surface area contributed by atoms with Crippen molar-refractivity contribution in [1.82, 2.24) is 24.6 Å². The summed E-state index contributed by atoms with van der Waals surface area (Å²) in [5, 5.41) is 14.6. The molecular weight excluding hydrogens is 344 g/mol. The van der Waals surface area contributed by atoms with Crippen LogP contribution in [0.15, 0.2) is 24.7 Å². The molecule has 0 unspecified atom stereocenters. The molecule has 0 amide bonds. The summed E-state index contributed by atoms with van der Waals surface area (Å²) in [4.78, 5) is 25.5. The molecule has 2 fully saturated rings. The van der Waals surface area contributed by atoms with E-state index in [0.717, 1.165) is 38.2 Å². The Hall–Kier alpha value is -2.48. The Morgan fingerprint density at radius 2 is 2.11 bits per heavy atom. The average molecular weight is 370 g/mol. The molecule has 0 aromatic carbocycles. The Bertz CT molecular complexity index is 823. The number of carbonyl (C=O) groups is 1. The number of aliphatic carboxylic acids is 1. The largest absolute Gasteiger partial charge is 0.481 e. The van der Waals surface area contributed by atoms with Crippen LogP contribution in [0, 0.1) is 12.3 Å². The van der Waals surface area contributed by atoms with E-state index in [0.29, 0.717) is 18.9 Å². The number of fused-ring (bicyclic) bond motifs is 1. The molecule has 2 aliphatic rings. The zero-order valence-electron chi connectivity index (χ0n) is 15.9. The number of nitrogens with zero attached hydrogens (tertiary/aromatic N) is 6. The van der Waals surface area contributed by atoms with Gasteiger partial charge in [0.2, 0.25) is 5.95 Å². The SMILES string of the molecule is Cc1c(CN2CCC[C@]3(C(=O)O)CN(c4ncccn4)CC[C@@H]23)cnn1C. The van der Waals surface area contributed by atoms with Gasteiger partial charge in [0.15, 0.2) is 0 Å². The number of carboxylic acids is 1. The van der Waals surface area contributed by atoms with Gasteiger partial charge in [-0.15, -0.1) is 0 Å². The second-order valence-corrected chi connectivity index (χ2v) is 7.69. The van der Waals surface area contributed by atoms with E-state index in [2.05, 4.69) is 26.9 Å². The molecule has 4 heterocycles. The van der Waals surface area contributed by atoms with Gasteiger partial charge in [0.25, 0.3) is 0 Å². The highest BCUT2D eigenvalue weighted by Crippen LogP contribution is 2.43. The van der Waals surface area contributed by atoms with Gasteiger partial charge in [0, 0.05) is 56.4 Å². The van der Waals surface area contributed by atoms with Crippen LogP contribution in [0.25, 0.3) is 0 Å². The van der Waals surface area contributed by atoms with Gasteiger partial charge in [0.05, 0.1) is 6.20 Å². The van der Waals surface area contributed by atoms with Gasteiger partial charge in [0.1, 0.15) is 5.41 Å². The molecule has 2 aromatic rings. The van der Waals surface area contributed by atoms with Crippen molar-refractivity contribution < 1.29 is 9.90 Å². The Kier molecular flexibility index (Phi) is 4.59. The molecule has 8 heteroatoms. The summed E-state index contributed by atoms with van der Waals surface area (Å²) in [5.74, 6) is -0.0856. The lowest BCUT2D eigenvalue weighted by atomic mass is 9.69. The van der Waals surface area contributed by atoms with E-state index in [-0.39, 0.29) is 6.04 Å².